The Morgan fingerprint density at radius 2 is 1.41 bits per heavy atom. The molecular formula is C14H30N2O. The highest BCUT2D eigenvalue weighted by Gasteiger charge is 2.26. The van der Waals surface area contributed by atoms with Gasteiger partial charge in [0.1, 0.15) is 0 Å². The van der Waals surface area contributed by atoms with E-state index in [0.29, 0.717) is 24.3 Å². The lowest BCUT2D eigenvalue weighted by Crippen LogP contribution is -2.44. The summed E-state index contributed by atoms with van der Waals surface area (Å²) in [7, 11) is 0. The van der Waals surface area contributed by atoms with Crippen molar-refractivity contribution in [3.8, 4) is 0 Å². The van der Waals surface area contributed by atoms with Gasteiger partial charge in [0, 0.05) is 19.6 Å². The van der Waals surface area contributed by atoms with Gasteiger partial charge < -0.3 is 10.6 Å². The van der Waals surface area contributed by atoms with Crippen molar-refractivity contribution < 1.29 is 4.79 Å². The van der Waals surface area contributed by atoms with Crippen molar-refractivity contribution >= 4 is 5.91 Å². The van der Waals surface area contributed by atoms with E-state index in [9.17, 15) is 4.79 Å². The largest absolute Gasteiger partial charge is 0.342 e. The number of hydrogen-bond acceptors (Lipinski definition) is 2. The van der Waals surface area contributed by atoms with Crippen LogP contribution in [0.15, 0.2) is 0 Å². The molecule has 2 N–H and O–H groups in total. The van der Waals surface area contributed by atoms with Gasteiger partial charge in [-0.2, -0.15) is 0 Å². The van der Waals surface area contributed by atoms with Gasteiger partial charge in [-0.25, -0.2) is 0 Å². The maximum atomic E-state index is 12.4. The minimum absolute atomic E-state index is 0.0347. The molecule has 1 atom stereocenters. The van der Waals surface area contributed by atoms with Crippen LogP contribution in [0.5, 0.6) is 0 Å². The average molecular weight is 242 g/mol. The predicted molar refractivity (Wildman–Crippen MR) is 73.6 cm³/mol. The molecule has 17 heavy (non-hydrogen) atoms. The zero-order chi connectivity index (χ0) is 13.6. The van der Waals surface area contributed by atoms with E-state index in [1.807, 2.05) is 4.90 Å². The van der Waals surface area contributed by atoms with Crippen LogP contribution in [-0.2, 0) is 4.79 Å². The van der Waals surface area contributed by atoms with E-state index in [1.54, 1.807) is 0 Å². The second kappa shape index (κ2) is 7.70. The van der Waals surface area contributed by atoms with Crippen molar-refractivity contribution in [2.75, 3.05) is 19.6 Å². The summed E-state index contributed by atoms with van der Waals surface area (Å²) in [6.45, 7) is 14.8. The van der Waals surface area contributed by atoms with Gasteiger partial charge in [-0.05, 0) is 17.8 Å². The maximum Gasteiger partial charge on any atom is 0.227 e. The molecular weight excluding hydrogens is 212 g/mol. The molecule has 0 bridgehead atoms. The molecule has 0 radical (unpaired) electrons. The molecule has 3 heteroatoms. The third-order valence-electron chi connectivity index (χ3n) is 2.86. The van der Waals surface area contributed by atoms with E-state index < -0.39 is 0 Å². The molecule has 0 aromatic carbocycles. The predicted octanol–water partition coefficient (Wildman–Crippen LogP) is 2.36. The van der Waals surface area contributed by atoms with E-state index in [4.69, 9.17) is 5.73 Å². The number of nitrogens with zero attached hydrogens (tertiary/aromatic N) is 1. The highest BCUT2D eigenvalue weighted by atomic mass is 16.2. The Balaban J connectivity index is 4.71. The molecule has 0 spiro atoms. The zero-order valence-electron chi connectivity index (χ0n) is 12.4. The Bertz CT molecular complexity index is 214. The highest BCUT2D eigenvalue weighted by Crippen LogP contribution is 2.15. The number of hydrogen-bond donors (Lipinski definition) is 1. The van der Waals surface area contributed by atoms with Crippen LogP contribution in [0, 0.1) is 23.7 Å². The van der Waals surface area contributed by atoms with Gasteiger partial charge >= 0.3 is 0 Å². The number of carbonyl (C=O) groups excluding carboxylic acids is 1. The molecule has 1 amide bonds. The molecule has 0 rings (SSSR count). The molecule has 0 fully saturated rings. The Labute approximate surface area is 107 Å². The molecule has 102 valence electrons. The van der Waals surface area contributed by atoms with Crippen LogP contribution in [-0.4, -0.2) is 30.4 Å². The first-order valence-corrected chi connectivity index (χ1v) is 6.78. The number of rotatable bonds is 7. The number of amides is 1. The van der Waals surface area contributed by atoms with Crippen LogP contribution in [0.2, 0.25) is 0 Å². The Morgan fingerprint density at radius 3 is 1.65 bits per heavy atom. The highest BCUT2D eigenvalue weighted by molar-refractivity contribution is 5.79. The molecule has 0 aromatic heterocycles. The molecule has 0 saturated carbocycles. The average Bonchev–Trinajstić information content (AvgIpc) is 2.15. The van der Waals surface area contributed by atoms with Gasteiger partial charge in [0.25, 0.3) is 0 Å². The third-order valence-corrected chi connectivity index (χ3v) is 2.86. The van der Waals surface area contributed by atoms with Gasteiger partial charge in [-0.3, -0.25) is 4.79 Å². The summed E-state index contributed by atoms with van der Waals surface area (Å²) in [4.78, 5) is 14.4. The zero-order valence-corrected chi connectivity index (χ0v) is 12.4. The summed E-state index contributed by atoms with van der Waals surface area (Å²) >= 11 is 0. The fourth-order valence-electron chi connectivity index (χ4n) is 2.03. The molecule has 1 unspecified atom stereocenters. The molecule has 0 aromatic rings. The Hall–Kier alpha value is -0.570. The lowest BCUT2D eigenvalue weighted by Gasteiger charge is -2.31. The van der Waals surface area contributed by atoms with E-state index in [2.05, 4.69) is 41.5 Å². The van der Waals surface area contributed by atoms with Gasteiger partial charge in [0.05, 0.1) is 5.92 Å². The quantitative estimate of drug-likeness (QED) is 0.745. The fourth-order valence-corrected chi connectivity index (χ4v) is 2.03. The van der Waals surface area contributed by atoms with Crippen LogP contribution in [0.1, 0.15) is 41.5 Å². The SMILES string of the molecule is CC(C)CN(CC(C)C)C(=O)C(CN)C(C)C. The first-order chi connectivity index (χ1) is 7.79. The lowest BCUT2D eigenvalue weighted by molar-refractivity contribution is -0.137. The van der Waals surface area contributed by atoms with Gasteiger partial charge in [0.2, 0.25) is 5.91 Å². The van der Waals surface area contributed by atoms with Crippen LogP contribution in [0.3, 0.4) is 0 Å². The summed E-state index contributed by atoms with van der Waals surface area (Å²) < 4.78 is 0. The normalized spacial score (nSPS) is 13.5. The van der Waals surface area contributed by atoms with Crippen molar-refractivity contribution in [2.24, 2.45) is 29.4 Å². The summed E-state index contributed by atoms with van der Waals surface area (Å²) in [6, 6.07) is 0. The molecule has 0 aliphatic rings. The molecule has 0 aliphatic carbocycles. The van der Waals surface area contributed by atoms with Crippen LogP contribution >= 0.6 is 0 Å². The van der Waals surface area contributed by atoms with Crippen LogP contribution in [0.25, 0.3) is 0 Å². The molecule has 0 aliphatic heterocycles. The smallest absolute Gasteiger partial charge is 0.227 e. The molecule has 0 saturated heterocycles. The first-order valence-electron chi connectivity index (χ1n) is 6.78. The second-order valence-corrected chi connectivity index (χ2v) is 6.12. The summed E-state index contributed by atoms with van der Waals surface area (Å²) in [5.74, 6) is 1.51. The Morgan fingerprint density at radius 1 is 1.00 bits per heavy atom. The molecule has 3 nitrogen and oxygen atoms in total. The van der Waals surface area contributed by atoms with E-state index in [-0.39, 0.29) is 11.8 Å². The summed E-state index contributed by atoms with van der Waals surface area (Å²) in [5.41, 5.74) is 5.73. The van der Waals surface area contributed by atoms with Crippen molar-refractivity contribution in [3.05, 3.63) is 0 Å². The van der Waals surface area contributed by atoms with Gasteiger partial charge in [-0.1, -0.05) is 41.5 Å². The van der Waals surface area contributed by atoms with E-state index in [0.717, 1.165) is 13.1 Å². The summed E-state index contributed by atoms with van der Waals surface area (Å²) in [6.07, 6.45) is 0. The van der Waals surface area contributed by atoms with Crippen LogP contribution in [0.4, 0.5) is 0 Å². The van der Waals surface area contributed by atoms with E-state index in [1.165, 1.54) is 0 Å². The molecule has 0 heterocycles. The minimum atomic E-state index is -0.0347. The van der Waals surface area contributed by atoms with Crippen molar-refractivity contribution in [2.45, 2.75) is 41.5 Å². The maximum absolute atomic E-state index is 12.4. The van der Waals surface area contributed by atoms with Crippen LogP contribution < -0.4 is 5.73 Å². The minimum Gasteiger partial charge on any atom is -0.342 e. The van der Waals surface area contributed by atoms with Gasteiger partial charge in [0.15, 0.2) is 0 Å². The van der Waals surface area contributed by atoms with Crippen molar-refractivity contribution in [1.29, 1.82) is 0 Å². The number of carbonyl (C=O) groups is 1. The summed E-state index contributed by atoms with van der Waals surface area (Å²) in [5, 5.41) is 0. The third kappa shape index (κ3) is 6.06. The van der Waals surface area contributed by atoms with Crippen molar-refractivity contribution in [3.63, 3.8) is 0 Å². The number of nitrogens with two attached hydrogens (primary N) is 1. The monoisotopic (exact) mass is 242 g/mol. The van der Waals surface area contributed by atoms with Crippen molar-refractivity contribution in [1.82, 2.24) is 4.90 Å². The first kappa shape index (κ1) is 16.4. The fraction of sp³-hybridized carbons (Fsp3) is 0.929. The lowest BCUT2D eigenvalue weighted by atomic mass is 9.93. The Kier molecular flexibility index (Phi) is 7.44. The topological polar surface area (TPSA) is 46.3 Å². The van der Waals surface area contributed by atoms with E-state index >= 15 is 0 Å². The standard InChI is InChI=1S/C14H30N2O/c1-10(2)8-16(9-11(3)4)14(17)13(7-15)12(5)6/h10-13H,7-9,15H2,1-6H3. The second-order valence-electron chi connectivity index (χ2n) is 6.12. The van der Waals surface area contributed by atoms with Gasteiger partial charge in [-0.15, -0.1) is 0 Å².